The lowest BCUT2D eigenvalue weighted by Crippen LogP contribution is -2.53. The van der Waals surface area contributed by atoms with E-state index in [0.717, 1.165) is 78.4 Å². The zero-order chi connectivity index (χ0) is 17.4. The lowest BCUT2D eigenvalue weighted by Gasteiger charge is -2.43. The smallest absolute Gasteiger partial charge is 0.188 e. The fourth-order valence-corrected chi connectivity index (χ4v) is 4.15. The zero-order valence-corrected chi connectivity index (χ0v) is 15.5. The number of aliphatic imine (C=N–C) groups is 1. The van der Waals surface area contributed by atoms with E-state index in [2.05, 4.69) is 15.1 Å². The Morgan fingerprint density at radius 2 is 1.68 bits per heavy atom. The molecule has 0 aliphatic carbocycles. The molecule has 3 saturated heterocycles. The van der Waals surface area contributed by atoms with Crippen LogP contribution in [0.2, 0.25) is 0 Å². The molecule has 0 spiro atoms. The number of morpholine rings is 1. The molecule has 3 aliphatic rings. The molecule has 3 fully saturated rings. The zero-order valence-electron chi connectivity index (χ0n) is 15.5. The fourth-order valence-electron chi connectivity index (χ4n) is 4.15. The van der Waals surface area contributed by atoms with Gasteiger partial charge in [0.2, 0.25) is 0 Å². The lowest BCUT2D eigenvalue weighted by molar-refractivity contribution is -0.0138. The van der Waals surface area contributed by atoms with Crippen LogP contribution in [0.4, 0.5) is 0 Å². The molecule has 3 heterocycles. The van der Waals surface area contributed by atoms with Gasteiger partial charge in [-0.25, -0.2) is 0 Å². The Labute approximate surface area is 151 Å². The average Bonchev–Trinajstić information content (AvgIpc) is 3.21. The highest BCUT2D eigenvalue weighted by molar-refractivity contribution is 5.77. The van der Waals surface area contributed by atoms with Crippen LogP contribution in [0.15, 0.2) is 4.99 Å². The molecule has 3 rings (SSSR count). The molecule has 3 N–H and O–H groups in total. The highest BCUT2D eigenvalue weighted by atomic mass is 16.5. The molecule has 3 aliphatic heterocycles. The molecule has 144 valence electrons. The van der Waals surface area contributed by atoms with E-state index in [0.29, 0.717) is 5.96 Å². The first-order valence-electron chi connectivity index (χ1n) is 9.95. The third-order valence-electron chi connectivity index (χ3n) is 5.81. The first-order chi connectivity index (χ1) is 12.3. The van der Waals surface area contributed by atoms with Crippen LogP contribution in [0.5, 0.6) is 0 Å². The first-order valence-corrected chi connectivity index (χ1v) is 9.95. The van der Waals surface area contributed by atoms with Crippen molar-refractivity contribution in [1.82, 2.24) is 15.1 Å². The molecule has 7 nitrogen and oxygen atoms in total. The number of hydrogen-bond acceptors (Lipinski definition) is 5. The van der Waals surface area contributed by atoms with Gasteiger partial charge in [-0.3, -0.25) is 14.8 Å². The predicted octanol–water partition coefficient (Wildman–Crippen LogP) is 0.258. The van der Waals surface area contributed by atoms with E-state index < -0.39 is 0 Å². The molecule has 0 amide bonds. The molecular weight excluding hydrogens is 318 g/mol. The largest absolute Gasteiger partial charge is 0.381 e. The van der Waals surface area contributed by atoms with Gasteiger partial charge in [0.1, 0.15) is 0 Å². The minimum Gasteiger partial charge on any atom is -0.381 e. The average molecular weight is 354 g/mol. The second-order valence-corrected chi connectivity index (χ2v) is 7.47. The Hall–Kier alpha value is -0.890. The number of rotatable bonds is 7. The Balaban J connectivity index is 1.40. The second-order valence-electron chi connectivity index (χ2n) is 7.47. The highest BCUT2D eigenvalue weighted by Gasteiger charge is 2.39. The summed E-state index contributed by atoms with van der Waals surface area (Å²) in [5, 5.41) is 3.29. The summed E-state index contributed by atoms with van der Waals surface area (Å²) in [6.45, 7) is 10.7. The predicted molar refractivity (Wildman–Crippen MR) is 100.0 cm³/mol. The van der Waals surface area contributed by atoms with Gasteiger partial charge in [-0.05, 0) is 51.7 Å². The summed E-state index contributed by atoms with van der Waals surface area (Å²) in [5.74, 6) is 0.590. The monoisotopic (exact) mass is 353 g/mol. The summed E-state index contributed by atoms with van der Waals surface area (Å²) < 4.78 is 11.0. The van der Waals surface area contributed by atoms with Crippen molar-refractivity contribution < 1.29 is 9.47 Å². The standard InChI is InChI=1S/C18H35N5O2/c19-17(20-6-3-7-22-10-14-25-15-11-22)21-16-18(4-12-24-13-5-18)23-8-1-2-9-23/h1-16H2,(H3,19,20,21). The normalized spacial score (nSPS) is 26.0. The molecule has 0 aromatic heterocycles. The second kappa shape index (κ2) is 9.71. The summed E-state index contributed by atoms with van der Waals surface area (Å²) in [5.41, 5.74) is 6.28. The van der Waals surface area contributed by atoms with E-state index in [1.165, 1.54) is 25.9 Å². The number of nitrogens with two attached hydrogens (primary N) is 1. The van der Waals surface area contributed by atoms with E-state index in [9.17, 15) is 0 Å². The number of guanidine groups is 1. The van der Waals surface area contributed by atoms with Crippen molar-refractivity contribution in [1.29, 1.82) is 0 Å². The maximum atomic E-state index is 6.12. The third kappa shape index (κ3) is 5.54. The van der Waals surface area contributed by atoms with Gasteiger partial charge in [0.15, 0.2) is 5.96 Å². The van der Waals surface area contributed by atoms with Gasteiger partial charge < -0.3 is 20.5 Å². The van der Waals surface area contributed by atoms with E-state index >= 15 is 0 Å². The van der Waals surface area contributed by atoms with Gasteiger partial charge in [-0.15, -0.1) is 0 Å². The molecule has 0 bridgehead atoms. The molecule has 0 unspecified atom stereocenters. The van der Waals surface area contributed by atoms with Crippen LogP contribution < -0.4 is 11.1 Å². The molecule has 0 aromatic carbocycles. The summed E-state index contributed by atoms with van der Waals surface area (Å²) in [6, 6.07) is 0. The maximum absolute atomic E-state index is 6.12. The molecule has 25 heavy (non-hydrogen) atoms. The van der Waals surface area contributed by atoms with Crippen molar-refractivity contribution in [2.45, 2.75) is 37.6 Å². The van der Waals surface area contributed by atoms with Crippen LogP contribution >= 0.6 is 0 Å². The number of nitrogens with zero attached hydrogens (tertiary/aromatic N) is 3. The number of nitrogens with one attached hydrogen (secondary N) is 1. The Morgan fingerprint density at radius 3 is 2.40 bits per heavy atom. The molecule has 0 saturated carbocycles. The maximum Gasteiger partial charge on any atom is 0.188 e. The highest BCUT2D eigenvalue weighted by Crippen LogP contribution is 2.31. The molecule has 0 radical (unpaired) electrons. The van der Waals surface area contributed by atoms with Crippen molar-refractivity contribution in [3.8, 4) is 0 Å². The number of hydrogen-bond donors (Lipinski definition) is 2. The van der Waals surface area contributed by atoms with E-state index in [4.69, 9.17) is 20.2 Å². The number of ether oxygens (including phenoxy) is 2. The van der Waals surface area contributed by atoms with Gasteiger partial charge in [0.25, 0.3) is 0 Å². The van der Waals surface area contributed by atoms with Crippen LogP contribution in [0.25, 0.3) is 0 Å². The first kappa shape index (κ1) is 18.9. The van der Waals surface area contributed by atoms with Crippen LogP contribution in [-0.2, 0) is 9.47 Å². The Morgan fingerprint density at radius 1 is 1.00 bits per heavy atom. The fraction of sp³-hybridized carbons (Fsp3) is 0.944. The van der Waals surface area contributed by atoms with Gasteiger partial charge >= 0.3 is 0 Å². The lowest BCUT2D eigenvalue weighted by atomic mass is 9.88. The van der Waals surface area contributed by atoms with Crippen LogP contribution in [-0.4, -0.2) is 93.5 Å². The van der Waals surface area contributed by atoms with Gasteiger partial charge in [0.05, 0.1) is 19.8 Å². The van der Waals surface area contributed by atoms with Gasteiger partial charge in [-0.2, -0.15) is 0 Å². The molecule has 7 heteroatoms. The topological polar surface area (TPSA) is 75.3 Å². The summed E-state index contributed by atoms with van der Waals surface area (Å²) in [6.07, 6.45) is 5.84. The van der Waals surface area contributed by atoms with Crippen molar-refractivity contribution >= 4 is 5.96 Å². The molecule has 0 atom stereocenters. The quantitative estimate of drug-likeness (QED) is 0.388. The Kier molecular flexibility index (Phi) is 7.34. The van der Waals surface area contributed by atoms with Gasteiger partial charge in [0, 0.05) is 38.4 Å². The molecule has 0 aromatic rings. The summed E-state index contributed by atoms with van der Waals surface area (Å²) in [4.78, 5) is 9.78. The van der Waals surface area contributed by atoms with Crippen molar-refractivity contribution in [2.75, 3.05) is 72.2 Å². The van der Waals surface area contributed by atoms with Crippen molar-refractivity contribution in [3.05, 3.63) is 0 Å². The minimum atomic E-state index is 0.162. The van der Waals surface area contributed by atoms with Crippen LogP contribution in [0.3, 0.4) is 0 Å². The van der Waals surface area contributed by atoms with Gasteiger partial charge in [-0.1, -0.05) is 0 Å². The summed E-state index contributed by atoms with van der Waals surface area (Å²) >= 11 is 0. The summed E-state index contributed by atoms with van der Waals surface area (Å²) in [7, 11) is 0. The molecular formula is C18H35N5O2. The van der Waals surface area contributed by atoms with E-state index in [1.807, 2.05) is 0 Å². The van der Waals surface area contributed by atoms with E-state index in [1.54, 1.807) is 0 Å². The van der Waals surface area contributed by atoms with Crippen LogP contribution in [0.1, 0.15) is 32.1 Å². The van der Waals surface area contributed by atoms with Crippen molar-refractivity contribution in [3.63, 3.8) is 0 Å². The SMILES string of the molecule is NC(=NCC1(N2CCCC2)CCOCC1)NCCCN1CCOCC1. The van der Waals surface area contributed by atoms with Crippen LogP contribution in [0, 0.1) is 0 Å². The number of likely N-dealkylation sites (tertiary alicyclic amines) is 1. The Bertz CT molecular complexity index is 414. The third-order valence-corrected chi connectivity index (χ3v) is 5.81. The van der Waals surface area contributed by atoms with E-state index in [-0.39, 0.29) is 5.54 Å². The van der Waals surface area contributed by atoms with Crippen molar-refractivity contribution in [2.24, 2.45) is 10.7 Å². The minimum absolute atomic E-state index is 0.162.